The molecule has 0 unspecified atom stereocenters. The normalized spacial score (nSPS) is 13.7. The molecule has 0 heterocycles. The van der Waals surface area contributed by atoms with Crippen molar-refractivity contribution in [2.24, 2.45) is 5.73 Å². The third kappa shape index (κ3) is 8.86. The molecule has 0 bridgehead atoms. The van der Waals surface area contributed by atoms with Gasteiger partial charge in [-0.1, -0.05) is 133 Å². The smallest absolute Gasteiger partial charge is 0.412 e. The Bertz CT molecular complexity index is 1220. The lowest BCUT2D eigenvalue weighted by Crippen LogP contribution is -2.61. The summed E-state index contributed by atoms with van der Waals surface area (Å²) in [4.78, 5) is 27.4. The van der Waals surface area contributed by atoms with E-state index >= 15 is 0 Å². The number of hydrogen-bond acceptors (Lipinski definition) is 5. The Morgan fingerprint density at radius 2 is 1.17 bits per heavy atom. The van der Waals surface area contributed by atoms with E-state index in [2.05, 4.69) is 59.0 Å². The molecule has 0 saturated heterocycles. The zero-order valence-corrected chi connectivity index (χ0v) is 26.4. The first-order valence-electron chi connectivity index (χ1n) is 14.4. The fourth-order valence-corrected chi connectivity index (χ4v) is 9.95. The number of hydrogen-bond donors (Lipinski definition) is 2. The van der Waals surface area contributed by atoms with Crippen LogP contribution >= 0.6 is 0 Å². The van der Waals surface area contributed by atoms with Crippen LogP contribution in [-0.2, 0) is 37.7 Å². The zero-order valence-electron chi connectivity index (χ0n) is 25.4. The average Bonchev–Trinajstić information content (AvgIpc) is 2.92. The Hall–Kier alpha value is -3.26. The molecule has 0 saturated carbocycles. The fourth-order valence-electron chi connectivity index (χ4n) is 5.35. The van der Waals surface area contributed by atoms with Crippen molar-refractivity contribution in [1.29, 1.82) is 0 Å². The number of amides is 1. The predicted octanol–water partition coefficient (Wildman–Crippen LogP) is 6.13. The van der Waals surface area contributed by atoms with Crippen molar-refractivity contribution < 1.29 is 18.4 Å². The van der Waals surface area contributed by atoms with E-state index in [0.717, 1.165) is 16.7 Å². The molecule has 0 fully saturated rings. The van der Waals surface area contributed by atoms with Gasteiger partial charge in [0.05, 0.1) is 6.04 Å². The van der Waals surface area contributed by atoms with Crippen LogP contribution in [0.4, 0.5) is 0 Å². The summed E-state index contributed by atoms with van der Waals surface area (Å²) in [6.07, 6.45) is 1.36. The first kappa shape index (κ1) is 32.3. The van der Waals surface area contributed by atoms with Gasteiger partial charge in [0.15, 0.2) is 0 Å². The largest absolute Gasteiger partial charge is 0.492 e. The maximum Gasteiger partial charge on any atom is 0.412 e. The molecule has 0 aliphatic heterocycles. The minimum atomic E-state index is -3.27. The number of benzene rings is 3. The maximum atomic E-state index is 14.1. The SMILES string of the molecule is CC(C)(C)[Si](OCCc1ccccc1)(OC(=O)[C@H](Cc1ccccc1)NC(=O)[C@@H](N)Cc1ccccc1)C(C)(C)C. The molecule has 3 rings (SSSR count). The molecule has 3 aromatic carbocycles. The summed E-state index contributed by atoms with van der Waals surface area (Å²) in [5, 5.41) is 2.04. The molecule has 0 aromatic heterocycles. The zero-order chi connectivity index (χ0) is 30.1. The van der Waals surface area contributed by atoms with Gasteiger partial charge in [0.25, 0.3) is 0 Å². The minimum absolute atomic E-state index is 0.284. The van der Waals surface area contributed by atoms with E-state index in [1.807, 2.05) is 78.9 Å². The first-order chi connectivity index (χ1) is 19.3. The Balaban J connectivity index is 1.86. The molecule has 3 N–H and O–H groups in total. The summed E-state index contributed by atoms with van der Waals surface area (Å²) >= 11 is 0. The van der Waals surface area contributed by atoms with Crippen LogP contribution in [0.2, 0.25) is 10.1 Å². The third-order valence-electron chi connectivity index (χ3n) is 7.28. The molecular formula is C34H46N2O4Si. The van der Waals surface area contributed by atoms with Crippen LogP contribution in [-0.4, -0.2) is 39.1 Å². The molecule has 0 aliphatic carbocycles. The van der Waals surface area contributed by atoms with Crippen molar-refractivity contribution >= 4 is 20.4 Å². The lowest BCUT2D eigenvalue weighted by Gasteiger charge is -2.48. The molecule has 220 valence electrons. The maximum absolute atomic E-state index is 14.1. The lowest BCUT2D eigenvalue weighted by molar-refractivity contribution is -0.142. The van der Waals surface area contributed by atoms with Crippen LogP contribution in [0.5, 0.6) is 0 Å². The molecular weight excluding hydrogens is 528 g/mol. The molecule has 0 radical (unpaired) electrons. The Labute approximate surface area is 246 Å². The summed E-state index contributed by atoms with van der Waals surface area (Å²) in [6.45, 7) is 12.8. The quantitative estimate of drug-likeness (QED) is 0.254. The Morgan fingerprint density at radius 3 is 1.63 bits per heavy atom. The molecule has 6 nitrogen and oxygen atoms in total. The molecule has 7 heteroatoms. The van der Waals surface area contributed by atoms with Crippen LogP contribution in [0.3, 0.4) is 0 Å². The summed E-state index contributed by atoms with van der Waals surface area (Å²) in [5.41, 5.74) is 9.32. The van der Waals surface area contributed by atoms with Gasteiger partial charge in [-0.25, -0.2) is 0 Å². The molecule has 0 spiro atoms. The van der Waals surface area contributed by atoms with E-state index in [-0.39, 0.29) is 6.42 Å². The van der Waals surface area contributed by atoms with E-state index in [4.69, 9.17) is 14.6 Å². The van der Waals surface area contributed by atoms with E-state index in [1.54, 1.807) is 0 Å². The highest BCUT2D eigenvalue weighted by Gasteiger charge is 2.61. The second-order valence-corrected chi connectivity index (χ2v) is 17.4. The van der Waals surface area contributed by atoms with Crippen LogP contribution in [0, 0.1) is 0 Å². The van der Waals surface area contributed by atoms with E-state index < -0.39 is 42.6 Å². The number of carbonyl (C=O) groups is 2. The van der Waals surface area contributed by atoms with Crippen LogP contribution in [0.25, 0.3) is 0 Å². The van der Waals surface area contributed by atoms with Crippen molar-refractivity contribution in [2.45, 2.75) is 83.0 Å². The summed E-state index contributed by atoms with van der Waals surface area (Å²) < 4.78 is 13.3. The van der Waals surface area contributed by atoms with Gasteiger partial charge >= 0.3 is 14.5 Å². The minimum Gasteiger partial charge on any atom is -0.492 e. The molecule has 1 amide bonds. The second kappa shape index (κ2) is 14.1. The summed E-state index contributed by atoms with van der Waals surface area (Å²) in [7, 11) is -3.27. The van der Waals surface area contributed by atoms with E-state index in [9.17, 15) is 9.59 Å². The first-order valence-corrected chi connectivity index (χ1v) is 16.2. The monoisotopic (exact) mass is 574 g/mol. The Morgan fingerprint density at radius 1 is 0.732 bits per heavy atom. The highest BCUT2D eigenvalue weighted by molar-refractivity contribution is 6.74. The molecule has 0 aliphatic rings. The number of rotatable bonds is 12. The van der Waals surface area contributed by atoms with Crippen molar-refractivity contribution in [3.8, 4) is 0 Å². The van der Waals surface area contributed by atoms with Crippen molar-refractivity contribution in [3.63, 3.8) is 0 Å². The highest BCUT2D eigenvalue weighted by atomic mass is 28.4. The van der Waals surface area contributed by atoms with Crippen LogP contribution in [0.15, 0.2) is 91.0 Å². The topological polar surface area (TPSA) is 90.6 Å². The number of nitrogens with two attached hydrogens (primary N) is 1. The van der Waals surface area contributed by atoms with Gasteiger partial charge in [0.1, 0.15) is 6.04 Å². The van der Waals surface area contributed by atoms with Gasteiger partial charge in [-0.05, 0) is 29.5 Å². The van der Waals surface area contributed by atoms with Crippen LogP contribution in [0.1, 0.15) is 58.2 Å². The standard InChI is InChI=1S/C34H46N2O4Si/c1-33(2,3)41(34(4,5)6,39-23-22-26-16-10-7-11-17-26)40-32(38)30(25-28-20-14-9-15-21-28)36-31(37)29(35)24-27-18-12-8-13-19-27/h7-21,29-30H,22-25,35H2,1-6H3,(H,36,37)/t29-,30-/m0/s1. The number of carbonyl (C=O) groups excluding carboxylic acids is 2. The van der Waals surface area contributed by atoms with Gasteiger partial charge in [0, 0.05) is 23.1 Å². The van der Waals surface area contributed by atoms with Crippen molar-refractivity contribution in [2.75, 3.05) is 6.61 Å². The average molecular weight is 575 g/mol. The van der Waals surface area contributed by atoms with Crippen LogP contribution < -0.4 is 11.1 Å². The lowest BCUT2D eigenvalue weighted by atomic mass is 10.0. The van der Waals surface area contributed by atoms with E-state index in [0.29, 0.717) is 19.4 Å². The van der Waals surface area contributed by atoms with Gasteiger partial charge in [-0.2, -0.15) is 0 Å². The number of nitrogens with one attached hydrogen (secondary N) is 1. The van der Waals surface area contributed by atoms with Gasteiger partial charge in [0.2, 0.25) is 5.91 Å². The van der Waals surface area contributed by atoms with Crippen molar-refractivity contribution in [1.82, 2.24) is 5.32 Å². The second-order valence-electron chi connectivity index (χ2n) is 12.7. The predicted molar refractivity (Wildman–Crippen MR) is 168 cm³/mol. The van der Waals surface area contributed by atoms with Gasteiger partial charge in [-0.3, -0.25) is 9.59 Å². The van der Waals surface area contributed by atoms with E-state index in [1.165, 1.54) is 0 Å². The molecule has 2 atom stereocenters. The molecule has 3 aromatic rings. The highest BCUT2D eigenvalue weighted by Crippen LogP contribution is 2.52. The molecule has 41 heavy (non-hydrogen) atoms. The summed E-state index contributed by atoms with van der Waals surface area (Å²) in [5.74, 6) is -0.888. The van der Waals surface area contributed by atoms with Gasteiger partial charge in [-0.15, -0.1) is 0 Å². The van der Waals surface area contributed by atoms with Crippen molar-refractivity contribution in [3.05, 3.63) is 108 Å². The van der Waals surface area contributed by atoms with Gasteiger partial charge < -0.3 is 19.9 Å². The fraction of sp³-hybridized carbons (Fsp3) is 0.412. The summed E-state index contributed by atoms with van der Waals surface area (Å²) in [6, 6.07) is 27.6. The Kier molecular flexibility index (Phi) is 11.1. The third-order valence-corrected chi connectivity index (χ3v) is 12.3.